The Morgan fingerprint density at radius 1 is 1.06 bits per heavy atom. The molecular formula is C25H29N3O8. The quantitative estimate of drug-likeness (QED) is 0.262. The third-order valence-corrected chi connectivity index (χ3v) is 5.33. The molecule has 1 fully saturated rings. The zero-order valence-corrected chi connectivity index (χ0v) is 20.3. The van der Waals surface area contributed by atoms with Crippen LogP contribution < -0.4 is 5.32 Å². The Kier molecular flexibility index (Phi) is 8.46. The van der Waals surface area contributed by atoms with Crippen LogP contribution in [0.2, 0.25) is 0 Å². The van der Waals surface area contributed by atoms with Crippen molar-refractivity contribution in [3.63, 3.8) is 0 Å². The van der Waals surface area contributed by atoms with E-state index < -0.39 is 40.7 Å². The van der Waals surface area contributed by atoms with Gasteiger partial charge in [-0.3, -0.25) is 10.1 Å². The molecule has 1 heterocycles. The normalized spacial score (nSPS) is 17.2. The van der Waals surface area contributed by atoms with Crippen molar-refractivity contribution in [3.8, 4) is 0 Å². The number of carbonyl (C=O) groups is 3. The van der Waals surface area contributed by atoms with Crippen molar-refractivity contribution in [2.24, 2.45) is 5.92 Å². The number of likely N-dealkylation sites (tertiary alicyclic amines) is 1. The number of hydrogen-bond acceptors (Lipinski definition) is 8. The molecule has 11 heteroatoms. The van der Waals surface area contributed by atoms with Crippen molar-refractivity contribution < 1.29 is 33.5 Å². The number of nitrogens with zero attached hydrogens (tertiary/aromatic N) is 2. The van der Waals surface area contributed by atoms with E-state index in [9.17, 15) is 24.5 Å². The van der Waals surface area contributed by atoms with Gasteiger partial charge in [-0.05, 0) is 38.5 Å². The maximum absolute atomic E-state index is 12.7. The van der Waals surface area contributed by atoms with E-state index in [1.54, 1.807) is 20.8 Å². The molecule has 0 radical (unpaired) electrons. The fraction of sp³-hybridized carbons (Fsp3) is 0.400. The van der Waals surface area contributed by atoms with Gasteiger partial charge >= 0.3 is 18.2 Å². The predicted octanol–water partition coefficient (Wildman–Crippen LogP) is 3.91. The first-order valence-electron chi connectivity index (χ1n) is 11.4. The molecule has 36 heavy (non-hydrogen) atoms. The average Bonchev–Trinajstić information content (AvgIpc) is 3.24. The van der Waals surface area contributed by atoms with Crippen LogP contribution in [0, 0.1) is 16.0 Å². The molecule has 3 rings (SSSR count). The van der Waals surface area contributed by atoms with Gasteiger partial charge in [0.2, 0.25) is 0 Å². The highest BCUT2D eigenvalue weighted by atomic mass is 16.6. The lowest BCUT2D eigenvalue weighted by molar-refractivity contribution is -0.384. The van der Waals surface area contributed by atoms with Crippen molar-refractivity contribution in [1.29, 1.82) is 0 Å². The van der Waals surface area contributed by atoms with E-state index in [2.05, 4.69) is 5.32 Å². The first-order chi connectivity index (χ1) is 17.0. The molecule has 1 N–H and O–H groups in total. The Bertz CT molecular complexity index is 1080. The number of nitro groups is 1. The summed E-state index contributed by atoms with van der Waals surface area (Å²) in [6.07, 6.45) is -1.95. The summed E-state index contributed by atoms with van der Waals surface area (Å²) in [7, 11) is 0. The van der Waals surface area contributed by atoms with E-state index in [0.717, 1.165) is 5.56 Å². The Morgan fingerprint density at radius 2 is 1.72 bits per heavy atom. The van der Waals surface area contributed by atoms with Gasteiger partial charge in [-0.15, -0.1) is 0 Å². The van der Waals surface area contributed by atoms with Crippen LogP contribution >= 0.6 is 0 Å². The smallest absolute Gasteiger partial charge is 0.410 e. The average molecular weight is 500 g/mol. The van der Waals surface area contributed by atoms with E-state index in [4.69, 9.17) is 14.2 Å². The van der Waals surface area contributed by atoms with Gasteiger partial charge in [0.25, 0.3) is 5.69 Å². The first kappa shape index (κ1) is 26.5. The molecule has 2 amide bonds. The molecule has 0 unspecified atom stereocenters. The number of nitro benzene ring substituents is 1. The van der Waals surface area contributed by atoms with Crippen molar-refractivity contribution in [2.45, 2.75) is 39.1 Å². The van der Waals surface area contributed by atoms with Crippen molar-refractivity contribution in [1.82, 2.24) is 10.2 Å². The molecule has 0 spiro atoms. The highest BCUT2D eigenvalue weighted by molar-refractivity contribution is 5.89. The van der Waals surface area contributed by atoms with Gasteiger partial charge in [0, 0.05) is 31.1 Å². The number of amides is 2. The number of ether oxygens (including phenoxy) is 3. The number of nitrogens with one attached hydrogen (secondary N) is 1. The molecule has 2 aromatic rings. The largest absolute Gasteiger partial charge is 0.456 e. The van der Waals surface area contributed by atoms with Gasteiger partial charge in [-0.1, -0.05) is 30.3 Å². The Balaban J connectivity index is 1.63. The van der Waals surface area contributed by atoms with E-state index in [-0.39, 0.29) is 37.5 Å². The maximum atomic E-state index is 12.7. The first-order valence-corrected chi connectivity index (χ1v) is 11.4. The topological polar surface area (TPSA) is 137 Å². The van der Waals surface area contributed by atoms with Gasteiger partial charge < -0.3 is 24.4 Å². The lowest BCUT2D eigenvalue weighted by Crippen LogP contribution is -2.37. The van der Waals surface area contributed by atoms with Crippen molar-refractivity contribution in [3.05, 3.63) is 75.8 Å². The van der Waals surface area contributed by atoms with Crippen LogP contribution in [0.25, 0.3) is 0 Å². The minimum Gasteiger partial charge on any atom is -0.456 e. The van der Waals surface area contributed by atoms with E-state index in [1.807, 2.05) is 30.3 Å². The van der Waals surface area contributed by atoms with Crippen LogP contribution in [-0.4, -0.2) is 59.3 Å². The molecule has 2 atom stereocenters. The summed E-state index contributed by atoms with van der Waals surface area (Å²) in [4.78, 5) is 49.2. The minimum atomic E-state index is -0.741. The Hall–Kier alpha value is -4.15. The molecule has 1 aliphatic rings. The second-order valence-electron chi connectivity index (χ2n) is 9.34. The van der Waals surface area contributed by atoms with Crippen LogP contribution in [0.1, 0.15) is 36.7 Å². The highest BCUT2D eigenvalue weighted by Crippen LogP contribution is 2.24. The number of non-ortho nitro benzene ring substituents is 1. The van der Waals surface area contributed by atoms with Gasteiger partial charge in [0.05, 0.1) is 17.0 Å². The fourth-order valence-electron chi connectivity index (χ4n) is 3.56. The molecular weight excluding hydrogens is 470 g/mol. The summed E-state index contributed by atoms with van der Waals surface area (Å²) in [6.45, 7) is 5.68. The molecule has 1 saturated heterocycles. The zero-order valence-electron chi connectivity index (χ0n) is 20.3. The second-order valence-corrected chi connectivity index (χ2v) is 9.34. The summed E-state index contributed by atoms with van der Waals surface area (Å²) in [5, 5.41) is 13.5. The molecule has 0 aromatic heterocycles. The third kappa shape index (κ3) is 7.69. The van der Waals surface area contributed by atoms with Gasteiger partial charge in [0.1, 0.15) is 18.3 Å². The number of benzene rings is 2. The number of hydrogen-bond donors (Lipinski definition) is 1. The minimum absolute atomic E-state index is 0.0685. The predicted molar refractivity (Wildman–Crippen MR) is 128 cm³/mol. The third-order valence-electron chi connectivity index (χ3n) is 5.33. The Labute approximate surface area is 208 Å². The van der Waals surface area contributed by atoms with E-state index in [0.29, 0.717) is 0 Å². The van der Waals surface area contributed by atoms with Gasteiger partial charge in [-0.25, -0.2) is 14.4 Å². The SMILES string of the molecule is CC(C)(C)OC(=O)N1C[C@H](CNC(=O)OCc2ccccc2)[C@H](OC(=O)c2ccc([N+](=O)[O-])cc2)C1. The maximum Gasteiger partial charge on any atom is 0.410 e. The van der Waals surface area contributed by atoms with E-state index >= 15 is 0 Å². The van der Waals surface area contributed by atoms with Crippen LogP contribution in [0.3, 0.4) is 0 Å². The standard InChI is InChI=1S/C25H29N3O8/c1-25(2,3)36-24(31)27-14-19(13-26-23(30)34-16-17-7-5-4-6-8-17)21(15-27)35-22(29)18-9-11-20(12-10-18)28(32)33/h4-12,19,21H,13-16H2,1-3H3,(H,26,30)/t19-,21+/m0/s1. The summed E-state index contributed by atoms with van der Waals surface area (Å²) < 4.78 is 16.3. The van der Waals surface area contributed by atoms with Crippen LogP contribution in [0.15, 0.2) is 54.6 Å². The Morgan fingerprint density at radius 3 is 2.33 bits per heavy atom. The second kappa shape index (κ2) is 11.5. The molecule has 0 bridgehead atoms. The summed E-state index contributed by atoms with van der Waals surface area (Å²) in [6, 6.07) is 14.2. The van der Waals surface area contributed by atoms with Crippen molar-refractivity contribution in [2.75, 3.05) is 19.6 Å². The monoisotopic (exact) mass is 499 g/mol. The molecule has 192 valence electrons. The van der Waals surface area contributed by atoms with Crippen LogP contribution in [0.5, 0.6) is 0 Å². The number of alkyl carbamates (subject to hydrolysis) is 1. The molecule has 0 saturated carbocycles. The highest BCUT2D eigenvalue weighted by Gasteiger charge is 2.40. The number of carbonyl (C=O) groups excluding carboxylic acids is 3. The summed E-state index contributed by atoms with van der Waals surface area (Å²) in [5.41, 5.74) is 0.101. The summed E-state index contributed by atoms with van der Waals surface area (Å²) >= 11 is 0. The van der Waals surface area contributed by atoms with Gasteiger partial charge in [0.15, 0.2) is 0 Å². The number of rotatable bonds is 7. The van der Waals surface area contributed by atoms with Crippen molar-refractivity contribution >= 4 is 23.8 Å². The molecule has 0 aliphatic carbocycles. The molecule has 2 aromatic carbocycles. The summed E-state index contributed by atoms with van der Waals surface area (Å²) in [5.74, 6) is -1.12. The van der Waals surface area contributed by atoms with Crippen LogP contribution in [0.4, 0.5) is 15.3 Å². The lowest BCUT2D eigenvalue weighted by Gasteiger charge is -2.24. The fourth-order valence-corrected chi connectivity index (χ4v) is 3.56. The molecule has 1 aliphatic heterocycles. The van der Waals surface area contributed by atoms with Crippen LogP contribution in [-0.2, 0) is 20.8 Å². The number of esters is 1. The molecule has 11 nitrogen and oxygen atoms in total. The lowest BCUT2D eigenvalue weighted by atomic mass is 10.1. The zero-order chi connectivity index (χ0) is 26.3. The van der Waals surface area contributed by atoms with E-state index in [1.165, 1.54) is 29.2 Å². The van der Waals surface area contributed by atoms with Gasteiger partial charge in [-0.2, -0.15) is 0 Å².